The molecule has 1 N–H and O–H groups in total. The lowest BCUT2D eigenvalue weighted by molar-refractivity contribution is 0.0936. The Kier molecular flexibility index (Phi) is 8.76. The van der Waals surface area contributed by atoms with Crippen molar-refractivity contribution in [1.29, 1.82) is 0 Å². The van der Waals surface area contributed by atoms with Crippen LogP contribution in [0.4, 0.5) is 0 Å². The van der Waals surface area contributed by atoms with Gasteiger partial charge in [-0.3, -0.25) is 9.59 Å². The molecule has 0 fully saturated rings. The molecule has 0 bridgehead atoms. The van der Waals surface area contributed by atoms with Gasteiger partial charge in [0, 0.05) is 17.5 Å². The van der Waals surface area contributed by atoms with Crippen LogP contribution in [-0.2, 0) is 0 Å². The van der Waals surface area contributed by atoms with Gasteiger partial charge >= 0.3 is 0 Å². The van der Waals surface area contributed by atoms with Gasteiger partial charge in [0.1, 0.15) is 0 Å². The lowest BCUT2D eigenvalue weighted by Gasteiger charge is -2.14. The number of carbonyl (C=O) groups is 2. The molecule has 0 saturated heterocycles. The smallest absolute Gasteiger partial charge is 0.251 e. The highest BCUT2D eigenvalue weighted by Gasteiger charge is 2.12. The van der Waals surface area contributed by atoms with Crippen molar-refractivity contribution < 1.29 is 9.59 Å². The van der Waals surface area contributed by atoms with Crippen molar-refractivity contribution in [2.24, 2.45) is 0 Å². The van der Waals surface area contributed by atoms with E-state index in [2.05, 4.69) is 12.2 Å². The van der Waals surface area contributed by atoms with Crippen molar-refractivity contribution in [1.82, 2.24) is 5.32 Å². The highest BCUT2D eigenvalue weighted by Crippen LogP contribution is 2.14. The summed E-state index contributed by atoms with van der Waals surface area (Å²) in [5.41, 5.74) is 2.33. The van der Waals surface area contributed by atoms with E-state index in [1.54, 1.807) is 24.3 Å². The number of unbranched alkanes of at least 4 members (excludes halogenated alkanes) is 5. The van der Waals surface area contributed by atoms with Crippen molar-refractivity contribution in [3.8, 4) is 0 Å². The zero-order valence-electron chi connectivity index (χ0n) is 16.5. The Morgan fingerprint density at radius 2 is 1.41 bits per heavy atom. The Bertz CT molecular complexity index is 707. The molecule has 1 atom stereocenters. The molecule has 2 aromatic carbocycles. The molecule has 2 aromatic rings. The zero-order chi connectivity index (χ0) is 19.5. The summed E-state index contributed by atoms with van der Waals surface area (Å²) in [5, 5.41) is 3.00. The minimum Gasteiger partial charge on any atom is -0.346 e. The number of carbonyl (C=O) groups excluding carboxylic acids is 2. The molecule has 3 heteroatoms. The van der Waals surface area contributed by atoms with Gasteiger partial charge in [0.25, 0.3) is 5.91 Å². The third kappa shape index (κ3) is 7.01. The van der Waals surface area contributed by atoms with E-state index >= 15 is 0 Å². The van der Waals surface area contributed by atoms with Gasteiger partial charge in [-0.1, -0.05) is 81.5 Å². The summed E-state index contributed by atoms with van der Waals surface area (Å²) in [6.07, 6.45) is 7.63. The molecular weight excluding hydrogens is 334 g/mol. The highest BCUT2D eigenvalue weighted by atomic mass is 16.1. The van der Waals surface area contributed by atoms with Gasteiger partial charge in [0.05, 0.1) is 6.04 Å². The summed E-state index contributed by atoms with van der Waals surface area (Å²) in [6.45, 7) is 4.17. The van der Waals surface area contributed by atoms with E-state index in [1.165, 1.54) is 25.7 Å². The maximum Gasteiger partial charge on any atom is 0.251 e. The van der Waals surface area contributed by atoms with E-state index in [1.807, 2.05) is 37.3 Å². The largest absolute Gasteiger partial charge is 0.346 e. The third-order valence-electron chi connectivity index (χ3n) is 4.87. The standard InChI is InChI=1S/C24H31NO2/c1-3-4-5-6-7-11-14-23(26)21-15-17-22(18-16-21)24(27)25-19(2)20-12-9-8-10-13-20/h8-10,12-13,15-19H,3-7,11,14H2,1-2H3,(H,25,27). The van der Waals surface area contributed by atoms with Crippen LogP contribution in [0, 0.1) is 0 Å². The second-order valence-corrected chi connectivity index (χ2v) is 7.12. The number of ketones is 1. The number of hydrogen-bond donors (Lipinski definition) is 1. The number of rotatable bonds is 11. The number of hydrogen-bond acceptors (Lipinski definition) is 2. The Morgan fingerprint density at radius 1 is 0.815 bits per heavy atom. The molecule has 0 radical (unpaired) electrons. The summed E-state index contributed by atoms with van der Waals surface area (Å²) in [4.78, 5) is 24.7. The van der Waals surface area contributed by atoms with Crippen molar-refractivity contribution in [2.75, 3.05) is 0 Å². The Hall–Kier alpha value is -2.42. The third-order valence-corrected chi connectivity index (χ3v) is 4.87. The van der Waals surface area contributed by atoms with E-state index in [0.29, 0.717) is 17.5 Å². The number of nitrogens with one attached hydrogen (secondary N) is 1. The first-order valence-corrected chi connectivity index (χ1v) is 10.1. The molecule has 0 aliphatic heterocycles. The van der Waals surface area contributed by atoms with Crippen LogP contribution >= 0.6 is 0 Å². The summed E-state index contributed by atoms with van der Waals surface area (Å²) in [5.74, 6) is 0.0383. The predicted molar refractivity (Wildman–Crippen MR) is 111 cm³/mol. The molecule has 144 valence electrons. The van der Waals surface area contributed by atoms with Gasteiger partial charge in [0.15, 0.2) is 5.78 Å². The van der Waals surface area contributed by atoms with Crippen LogP contribution in [0.5, 0.6) is 0 Å². The molecular formula is C24H31NO2. The molecule has 0 saturated carbocycles. The second-order valence-electron chi connectivity index (χ2n) is 7.12. The first-order valence-electron chi connectivity index (χ1n) is 10.1. The first-order chi connectivity index (χ1) is 13.1. The molecule has 1 amide bonds. The Morgan fingerprint density at radius 3 is 2.07 bits per heavy atom. The highest BCUT2D eigenvalue weighted by molar-refractivity contribution is 5.98. The van der Waals surface area contributed by atoms with E-state index in [4.69, 9.17) is 0 Å². The lowest BCUT2D eigenvalue weighted by atomic mass is 10.0. The second kappa shape index (κ2) is 11.3. The van der Waals surface area contributed by atoms with E-state index in [-0.39, 0.29) is 17.7 Å². The molecule has 2 rings (SSSR count). The van der Waals surface area contributed by atoms with Crippen LogP contribution in [0.15, 0.2) is 54.6 Å². The van der Waals surface area contributed by atoms with Crippen LogP contribution in [-0.4, -0.2) is 11.7 Å². The molecule has 0 aliphatic rings. The molecule has 1 unspecified atom stereocenters. The maximum absolute atomic E-state index is 12.4. The fourth-order valence-corrected chi connectivity index (χ4v) is 3.12. The van der Waals surface area contributed by atoms with Crippen molar-refractivity contribution in [2.45, 2.75) is 64.8 Å². The number of benzene rings is 2. The molecule has 3 nitrogen and oxygen atoms in total. The van der Waals surface area contributed by atoms with E-state index in [0.717, 1.165) is 18.4 Å². The van der Waals surface area contributed by atoms with Crippen molar-refractivity contribution in [3.05, 3.63) is 71.3 Å². The molecule has 0 spiro atoms. The van der Waals surface area contributed by atoms with Gasteiger partial charge in [0.2, 0.25) is 0 Å². The molecule has 0 heterocycles. The molecule has 0 aliphatic carbocycles. The fraction of sp³-hybridized carbons (Fsp3) is 0.417. The minimum atomic E-state index is -0.124. The quantitative estimate of drug-likeness (QED) is 0.386. The summed E-state index contributed by atoms with van der Waals surface area (Å²) in [6, 6.07) is 16.8. The summed E-state index contributed by atoms with van der Waals surface area (Å²) < 4.78 is 0. The normalized spacial score (nSPS) is 11.8. The fourth-order valence-electron chi connectivity index (χ4n) is 3.12. The topological polar surface area (TPSA) is 46.2 Å². The lowest BCUT2D eigenvalue weighted by Crippen LogP contribution is -2.26. The zero-order valence-corrected chi connectivity index (χ0v) is 16.5. The number of amides is 1. The number of Topliss-reactive ketones (excluding diaryl/α,β-unsaturated/α-hetero) is 1. The van der Waals surface area contributed by atoms with Crippen LogP contribution in [0.3, 0.4) is 0 Å². The van der Waals surface area contributed by atoms with Gasteiger partial charge in [-0.2, -0.15) is 0 Å². The first kappa shape index (κ1) is 20.9. The van der Waals surface area contributed by atoms with Gasteiger partial charge in [-0.15, -0.1) is 0 Å². The van der Waals surface area contributed by atoms with E-state index in [9.17, 15) is 9.59 Å². The SMILES string of the molecule is CCCCCCCCC(=O)c1ccc(C(=O)NC(C)c2ccccc2)cc1. The summed E-state index contributed by atoms with van der Waals surface area (Å²) >= 11 is 0. The Balaban J connectivity index is 1.81. The van der Waals surface area contributed by atoms with E-state index < -0.39 is 0 Å². The van der Waals surface area contributed by atoms with Crippen molar-refractivity contribution in [3.63, 3.8) is 0 Å². The monoisotopic (exact) mass is 365 g/mol. The van der Waals surface area contributed by atoms with Gasteiger partial charge in [-0.05, 0) is 31.0 Å². The molecule has 27 heavy (non-hydrogen) atoms. The van der Waals surface area contributed by atoms with Crippen LogP contribution in [0.25, 0.3) is 0 Å². The average molecular weight is 366 g/mol. The van der Waals surface area contributed by atoms with Crippen LogP contribution in [0.2, 0.25) is 0 Å². The average Bonchev–Trinajstić information content (AvgIpc) is 2.71. The predicted octanol–water partition coefficient (Wildman–Crippen LogP) is 6.11. The van der Waals surface area contributed by atoms with Crippen molar-refractivity contribution >= 4 is 11.7 Å². The van der Waals surface area contributed by atoms with Gasteiger partial charge in [-0.25, -0.2) is 0 Å². The van der Waals surface area contributed by atoms with Crippen LogP contribution < -0.4 is 5.32 Å². The van der Waals surface area contributed by atoms with Gasteiger partial charge < -0.3 is 5.32 Å². The van der Waals surface area contributed by atoms with Crippen LogP contribution in [0.1, 0.15) is 91.1 Å². The Labute approximate surface area is 163 Å². The maximum atomic E-state index is 12.4. The minimum absolute atomic E-state index is 0.0623. The molecule has 0 aromatic heterocycles. The summed E-state index contributed by atoms with van der Waals surface area (Å²) in [7, 11) is 0.